The van der Waals surface area contributed by atoms with Crippen molar-refractivity contribution in [2.45, 2.75) is 25.0 Å². The molecule has 6 nitrogen and oxygen atoms in total. The molecule has 0 radical (unpaired) electrons. The van der Waals surface area contributed by atoms with E-state index in [0.717, 1.165) is 33.7 Å². The molecule has 0 amide bonds. The van der Waals surface area contributed by atoms with Crippen molar-refractivity contribution in [1.82, 2.24) is 14.8 Å². The number of hydrogen-bond donors (Lipinski definition) is 2. The minimum atomic E-state index is -0.254. The molecular weight excluding hydrogens is 352 g/mol. The second kappa shape index (κ2) is 6.65. The number of aromatic nitrogens is 3. The topological polar surface area (TPSA) is 86.2 Å². The van der Waals surface area contributed by atoms with Crippen LogP contribution in [-0.2, 0) is 0 Å². The molecule has 2 aromatic carbocycles. The first-order valence-electron chi connectivity index (χ1n) is 9.32. The lowest BCUT2D eigenvalue weighted by Crippen LogP contribution is -2.31. The van der Waals surface area contributed by atoms with Gasteiger partial charge in [0.25, 0.3) is 0 Å². The maximum Gasteiger partial charge on any atom is 0.127 e. The molecule has 3 N–H and O–H groups in total. The van der Waals surface area contributed by atoms with E-state index in [2.05, 4.69) is 4.98 Å². The van der Waals surface area contributed by atoms with Crippen LogP contribution in [0.15, 0.2) is 67.0 Å². The van der Waals surface area contributed by atoms with Gasteiger partial charge < -0.3 is 15.6 Å². The van der Waals surface area contributed by atoms with Gasteiger partial charge in [0.1, 0.15) is 17.2 Å². The monoisotopic (exact) mass is 372 g/mol. The highest BCUT2D eigenvalue weighted by atomic mass is 16.5. The van der Waals surface area contributed by atoms with E-state index in [9.17, 15) is 5.11 Å². The zero-order chi connectivity index (χ0) is 19.1. The summed E-state index contributed by atoms with van der Waals surface area (Å²) < 4.78 is 7.83. The molecule has 6 heteroatoms. The number of nitrogens with two attached hydrogens (primary N) is 1. The van der Waals surface area contributed by atoms with Gasteiger partial charge in [-0.1, -0.05) is 18.2 Å². The van der Waals surface area contributed by atoms with Crippen molar-refractivity contribution in [3.63, 3.8) is 0 Å². The number of aliphatic hydroxyl groups is 1. The molecule has 5 rings (SSSR count). The number of pyridine rings is 1. The van der Waals surface area contributed by atoms with Gasteiger partial charge in [-0.3, -0.25) is 9.67 Å². The maximum absolute atomic E-state index is 9.69. The highest BCUT2D eigenvalue weighted by molar-refractivity contribution is 6.01. The van der Waals surface area contributed by atoms with Crippen LogP contribution in [0.25, 0.3) is 22.2 Å². The van der Waals surface area contributed by atoms with Crippen molar-refractivity contribution in [3.05, 3.63) is 67.0 Å². The predicted molar refractivity (Wildman–Crippen MR) is 108 cm³/mol. The quantitative estimate of drug-likeness (QED) is 0.561. The molecule has 4 aromatic rings. The summed E-state index contributed by atoms with van der Waals surface area (Å²) in [5.74, 6) is 1.55. The van der Waals surface area contributed by atoms with Crippen LogP contribution in [0.5, 0.6) is 11.5 Å². The number of anilines is 1. The van der Waals surface area contributed by atoms with Gasteiger partial charge in [0, 0.05) is 5.56 Å². The number of fused-ring (bicyclic) bond motifs is 1. The Morgan fingerprint density at radius 1 is 0.964 bits per heavy atom. The molecule has 0 atom stereocenters. The van der Waals surface area contributed by atoms with Gasteiger partial charge in [-0.2, -0.15) is 5.10 Å². The summed E-state index contributed by atoms with van der Waals surface area (Å²) in [6.45, 7) is 0. The molecule has 1 aliphatic rings. The van der Waals surface area contributed by atoms with Crippen LogP contribution in [0, 0.1) is 0 Å². The van der Waals surface area contributed by atoms with Crippen molar-refractivity contribution in [1.29, 1.82) is 0 Å². The minimum Gasteiger partial charge on any atom is -0.457 e. The van der Waals surface area contributed by atoms with Gasteiger partial charge in [0.2, 0.25) is 0 Å². The summed E-state index contributed by atoms with van der Waals surface area (Å²) >= 11 is 0. The summed E-state index contributed by atoms with van der Waals surface area (Å²) in [7, 11) is 0. The number of benzene rings is 2. The lowest BCUT2D eigenvalue weighted by molar-refractivity contribution is 0.0454. The zero-order valence-electron chi connectivity index (χ0n) is 15.2. The number of nitrogen functional groups attached to an aromatic ring is 1. The second-order valence-electron chi connectivity index (χ2n) is 7.13. The Morgan fingerprint density at radius 2 is 1.68 bits per heavy atom. The molecule has 0 bridgehead atoms. The molecule has 2 aromatic heterocycles. The summed E-state index contributed by atoms with van der Waals surface area (Å²) in [5.41, 5.74) is 9.52. The molecule has 0 unspecified atom stereocenters. The van der Waals surface area contributed by atoms with E-state index in [0.29, 0.717) is 18.5 Å². The van der Waals surface area contributed by atoms with Crippen LogP contribution in [0.3, 0.4) is 0 Å². The van der Waals surface area contributed by atoms with E-state index in [1.54, 1.807) is 12.4 Å². The standard InChI is InChI=1S/C22H20N4O2/c23-19-12-24-13-20-21(19)22(25-26(20)15-10-16(27)11-15)14-6-8-18(9-7-14)28-17-4-2-1-3-5-17/h1-9,12-13,15-16,27H,10-11,23H2. The molecule has 140 valence electrons. The average molecular weight is 372 g/mol. The van der Waals surface area contributed by atoms with Crippen molar-refractivity contribution in [3.8, 4) is 22.8 Å². The van der Waals surface area contributed by atoms with E-state index >= 15 is 0 Å². The Hall–Kier alpha value is -3.38. The lowest BCUT2D eigenvalue weighted by Gasteiger charge is -2.31. The van der Waals surface area contributed by atoms with Crippen molar-refractivity contribution >= 4 is 16.6 Å². The molecule has 0 aliphatic heterocycles. The number of rotatable bonds is 4. The molecule has 1 saturated carbocycles. The first-order chi connectivity index (χ1) is 13.7. The fourth-order valence-electron chi connectivity index (χ4n) is 3.65. The Labute approximate surface area is 162 Å². The van der Waals surface area contributed by atoms with Gasteiger partial charge in [0.15, 0.2) is 0 Å². The SMILES string of the molecule is Nc1cncc2c1c(-c1ccc(Oc3ccccc3)cc1)nn2C1CC(O)C1. The van der Waals surface area contributed by atoms with Crippen LogP contribution in [0.2, 0.25) is 0 Å². The molecule has 0 spiro atoms. The number of aliphatic hydroxyl groups excluding tert-OH is 1. The largest absolute Gasteiger partial charge is 0.457 e. The summed E-state index contributed by atoms with van der Waals surface area (Å²) in [6, 6.07) is 17.7. The number of ether oxygens (including phenoxy) is 1. The summed E-state index contributed by atoms with van der Waals surface area (Å²) in [5, 5.41) is 15.4. The minimum absolute atomic E-state index is 0.176. The van der Waals surface area contributed by atoms with Gasteiger partial charge in [-0.25, -0.2) is 0 Å². The van der Waals surface area contributed by atoms with Gasteiger partial charge in [-0.15, -0.1) is 0 Å². The second-order valence-corrected chi connectivity index (χ2v) is 7.13. The Bertz CT molecular complexity index is 1120. The van der Waals surface area contributed by atoms with E-state index in [-0.39, 0.29) is 12.1 Å². The van der Waals surface area contributed by atoms with Crippen LogP contribution >= 0.6 is 0 Å². The van der Waals surface area contributed by atoms with Crippen LogP contribution in [-0.4, -0.2) is 26.0 Å². The third kappa shape index (κ3) is 2.88. The van der Waals surface area contributed by atoms with Crippen molar-refractivity contribution in [2.24, 2.45) is 0 Å². The van der Waals surface area contributed by atoms with Gasteiger partial charge in [-0.05, 0) is 49.2 Å². The zero-order valence-corrected chi connectivity index (χ0v) is 15.2. The van der Waals surface area contributed by atoms with Gasteiger partial charge >= 0.3 is 0 Å². The fraction of sp³-hybridized carbons (Fsp3) is 0.182. The molecule has 1 aliphatic carbocycles. The normalized spacial score (nSPS) is 18.8. The number of nitrogens with zero attached hydrogens (tertiary/aromatic N) is 3. The molecule has 0 saturated heterocycles. The highest BCUT2D eigenvalue weighted by Crippen LogP contribution is 2.39. The third-order valence-corrected chi connectivity index (χ3v) is 5.19. The number of hydrogen-bond acceptors (Lipinski definition) is 5. The smallest absolute Gasteiger partial charge is 0.127 e. The Kier molecular flexibility index (Phi) is 3.98. The first-order valence-corrected chi connectivity index (χ1v) is 9.32. The molecule has 1 fully saturated rings. The van der Waals surface area contributed by atoms with E-state index in [1.807, 2.05) is 59.3 Å². The van der Waals surface area contributed by atoms with E-state index < -0.39 is 0 Å². The molecule has 28 heavy (non-hydrogen) atoms. The average Bonchev–Trinajstić information content (AvgIpc) is 3.07. The third-order valence-electron chi connectivity index (χ3n) is 5.19. The van der Waals surface area contributed by atoms with Crippen molar-refractivity contribution in [2.75, 3.05) is 5.73 Å². The van der Waals surface area contributed by atoms with Crippen LogP contribution in [0.4, 0.5) is 5.69 Å². The lowest BCUT2D eigenvalue weighted by atomic mass is 9.89. The first kappa shape index (κ1) is 16.8. The van der Waals surface area contributed by atoms with Crippen LogP contribution < -0.4 is 10.5 Å². The highest BCUT2D eigenvalue weighted by Gasteiger charge is 2.31. The molecule has 2 heterocycles. The Morgan fingerprint density at radius 3 is 2.39 bits per heavy atom. The predicted octanol–water partition coefficient (Wildman–Crippen LogP) is 4.17. The number of para-hydroxylation sites is 1. The summed E-state index contributed by atoms with van der Waals surface area (Å²) in [4.78, 5) is 4.23. The van der Waals surface area contributed by atoms with E-state index in [4.69, 9.17) is 15.6 Å². The van der Waals surface area contributed by atoms with Crippen LogP contribution in [0.1, 0.15) is 18.9 Å². The Balaban J connectivity index is 1.52. The molecular formula is C22H20N4O2. The summed E-state index contributed by atoms with van der Waals surface area (Å²) in [6.07, 6.45) is 4.60. The van der Waals surface area contributed by atoms with E-state index in [1.165, 1.54) is 0 Å². The van der Waals surface area contributed by atoms with Gasteiger partial charge in [0.05, 0.1) is 41.1 Å². The maximum atomic E-state index is 9.69. The van der Waals surface area contributed by atoms with Crippen molar-refractivity contribution < 1.29 is 9.84 Å². The fourth-order valence-corrected chi connectivity index (χ4v) is 3.65.